The average Bonchev–Trinajstić information content (AvgIpc) is 1.69. The Morgan fingerprint density at radius 2 is 0.889 bits per heavy atom. The van der Waals surface area contributed by atoms with E-state index in [1.807, 2.05) is 35.1 Å². The van der Waals surface area contributed by atoms with Crippen molar-refractivity contribution >= 4 is 34.0 Å². The van der Waals surface area contributed by atoms with E-state index in [2.05, 4.69) is 19.9 Å². The number of rotatable bonds is 16. The maximum absolute atomic E-state index is 15.6. The number of aromatic carboxylic acids is 2. The number of nitriles is 2. The third kappa shape index (κ3) is 12.6. The van der Waals surface area contributed by atoms with Gasteiger partial charge in [-0.1, -0.05) is 26.0 Å². The van der Waals surface area contributed by atoms with Gasteiger partial charge in [0.05, 0.1) is 106 Å². The first kappa shape index (κ1) is 61.1. The molecule has 456 valence electrons. The monoisotopic (exact) mass is 1230 g/mol. The van der Waals surface area contributed by atoms with Gasteiger partial charge in [0, 0.05) is 46.9 Å². The number of benzene rings is 6. The van der Waals surface area contributed by atoms with Crippen molar-refractivity contribution in [3.05, 3.63) is 224 Å². The normalized spacial score (nSPS) is 16.2. The van der Waals surface area contributed by atoms with Gasteiger partial charge in [-0.05, 0) is 120 Å². The third-order valence-corrected chi connectivity index (χ3v) is 15.6. The second kappa shape index (κ2) is 25.6. The molecule has 4 atom stereocenters. The molecule has 0 unspecified atom stereocenters. The highest BCUT2D eigenvalue weighted by molar-refractivity contribution is 5.93. The van der Waals surface area contributed by atoms with Crippen LogP contribution in [0.3, 0.4) is 0 Å². The SMILES string of the molecule is C[C@H]1COC[C@H]1n1c(Cc2cc(F)c(-c3ccc(F)c(OCc4ccc(C#N)cc4F)n3)cc2F)nc2ccc(C(=O)O)cc21.C[C@H]1COC[C@H]1n1c(Cc2cc(F)c(-c3ccc(F)c(OCc4ccc(C#N)cc4F)n3)cc2F)nc2ccc(C(=O)O)cc21. The molecule has 6 aromatic carbocycles. The first-order valence-electron chi connectivity index (χ1n) is 27.8. The number of carbonyl (C=O) groups is 2. The molecule has 2 N–H and O–H groups in total. The summed E-state index contributed by atoms with van der Waals surface area (Å²) in [6.07, 6.45) is -0.213. The number of ether oxygens (including phenoxy) is 4. The highest BCUT2D eigenvalue weighted by atomic mass is 19.2. The minimum atomic E-state index is -1.10. The number of imidazole rings is 2. The summed E-state index contributed by atoms with van der Waals surface area (Å²) < 4.78 is 145. The van der Waals surface area contributed by atoms with Crippen molar-refractivity contribution in [3.8, 4) is 46.4 Å². The smallest absolute Gasteiger partial charge is 0.335 e. The van der Waals surface area contributed by atoms with Gasteiger partial charge in [0.1, 0.15) is 59.8 Å². The maximum Gasteiger partial charge on any atom is 0.335 e. The lowest BCUT2D eigenvalue weighted by atomic mass is 10.0. The first-order valence-corrected chi connectivity index (χ1v) is 27.8. The van der Waals surface area contributed by atoms with Crippen molar-refractivity contribution < 1.29 is 73.9 Å². The largest absolute Gasteiger partial charge is 0.478 e. The molecule has 0 bridgehead atoms. The summed E-state index contributed by atoms with van der Waals surface area (Å²) in [5, 5.41) is 36.8. The molecular formula is C66H48F8N8O8. The molecule has 90 heavy (non-hydrogen) atoms. The van der Waals surface area contributed by atoms with Gasteiger partial charge in [0.15, 0.2) is 11.6 Å². The molecule has 4 aromatic heterocycles. The number of carboxylic acids is 2. The Morgan fingerprint density at radius 1 is 0.489 bits per heavy atom. The fourth-order valence-electron chi connectivity index (χ4n) is 10.8. The van der Waals surface area contributed by atoms with E-state index < -0.39 is 83.5 Å². The lowest BCUT2D eigenvalue weighted by molar-refractivity contribution is 0.0686. The Kier molecular flexibility index (Phi) is 17.4. The van der Waals surface area contributed by atoms with E-state index in [-0.39, 0.29) is 104 Å². The van der Waals surface area contributed by atoms with Crippen LogP contribution in [0, 0.1) is 81.0 Å². The van der Waals surface area contributed by atoms with Gasteiger partial charge < -0.3 is 38.3 Å². The standard InChI is InChI=1S/2C33H24F4N4O4/c2*1-17-14-44-16-30(17)41-29-10-19(33(42)43)4-6-28(29)39-31(41)11-21-9-26(37)22(12-25(21)36)27-7-5-23(34)32(40-27)45-15-20-3-2-18(13-38)8-24(20)35/h2*2-10,12,17,30H,11,14-16H2,1H3,(H,42,43)/t2*17-,30+/m00/s1. The second-order valence-corrected chi connectivity index (χ2v) is 21.6. The van der Waals surface area contributed by atoms with Gasteiger partial charge in [-0.15, -0.1) is 0 Å². The summed E-state index contributed by atoms with van der Waals surface area (Å²) in [5.74, 6) is -8.75. The summed E-state index contributed by atoms with van der Waals surface area (Å²) in [6.45, 7) is 4.81. The van der Waals surface area contributed by atoms with E-state index in [9.17, 15) is 37.4 Å². The summed E-state index contributed by atoms with van der Waals surface area (Å²) in [5.41, 5.74) is 1.84. The van der Waals surface area contributed by atoms with Crippen molar-refractivity contribution in [3.63, 3.8) is 0 Å². The predicted octanol–water partition coefficient (Wildman–Crippen LogP) is 13.2. The Labute approximate surface area is 506 Å². The molecule has 2 saturated heterocycles. The maximum atomic E-state index is 15.6. The van der Waals surface area contributed by atoms with Crippen LogP contribution in [0.4, 0.5) is 35.1 Å². The molecule has 0 spiro atoms. The van der Waals surface area contributed by atoms with Crippen LogP contribution in [0.25, 0.3) is 44.6 Å². The van der Waals surface area contributed by atoms with Crippen molar-refractivity contribution in [2.45, 2.75) is 52.0 Å². The molecule has 0 radical (unpaired) electrons. The van der Waals surface area contributed by atoms with E-state index in [1.54, 1.807) is 12.1 Å². The number of nitrogens with zero attached hydrogens (tertiary/aromatic N) is 8. The van der Waals surface area contributed by atoms with E-state index in [0.717, 1.165) is 48.5 Å². The summed E-state index contributed by atoms with van der Waals surface area (Å²) >= 11 is 0. The number of halogens is 8. The van der Waals surface area contributed by atoms with Gasteiger partial charge in [-0.2, -0.15) is 10.5 Å². The van der Waals surface area contributed by atoms with Crippen LogP contribution in [0.5, 0.6) is 11.8 Å². The van der Waals surface area contributed by atoms with Gasteiger partial charge in [-0.3, -0.25) is 0 Å². The summed E-state index contributed by atoms with van der Waals surface area (Å²) in [7, 11) is 0. The predicted molar refractivity (Wildman–Crippen MR) is 307 cm³/mol. The van der Waals surface area contributed by atoms with E-state index in [4.69, 9.17) is 29.5 Å². The highest BCUT2D eigenvalue weighted by Gasteiger charge is 2.33. The van der Waals surface area contributed by atoms with Crippen molar-refractivity contribution in [2.75, 3.05) is 26.4 Å². The van der Waals surface area contributed by atoms with Gasteiger partial charge in [0.25, 0.3) is 11.8 Å². The Hall–Kier alpha value is -10.6. The quantitative estimate of drug-likeness (QED) is 0.0860. The van der Waals surface area contributed by atoms with Crippen molar-refractivity contribution in [1.29, 1.82) is 10.5 Å². The van der Waals surface area contributed by atoms with Crippen LogP contribution in [0.2, 0.25) is 0 Å². The van der Waals surface area contributed by atoms with E-state index in [1.165, 1.54) is 60.7 Å². The zero-order valence-corrected chi connectivity index (χ0v) is 47.5. The van der Waals surface area contributed by atoms with Gasteiger partial charge >= 0.3 is 11.9 Å². The summed E-state index contributed by atoms with van der Waals surface area (Å²) in [4.78, 5) is 40.6. The van der Waals surface area contributed by atoms with Crippen LogP contribution < -0.4 is 9.47 Å². The molecular weight excluding hydrogens is 1180 g/mol. The van der Waals surface area contributed by atoms with E-state index in [0.29, 0.717) is 60.1 Å². The van der Waals surface area contributed by atoms with Gasteiger partial charge in [-0.25, -0.2) is 64.6 Å². The number of pyridine rings is 2. The number of aromatic nitrogens is 6. The van der Waals surface area contributed by atoms with Crippen LogP contribution >= 0.6 is 0 Å². The first-order chi connectivity index (χ1) is 43.2. The molecule has 0 saturated carbocycles. The Morgan fingerprint density at radius 3 is 1.24 bits per heavy atom. The molecule has 0 amide bonds. The zero-order valence-electron chi connectivity index (χ0n) is 47.5. The van der Waals surface area contributed by atoms with E-state index >= 15 is 17.6 Å². The minimum Gasteiger partial charge on any atom is -0.478 e. The van der Waals surface area contributed by atoms with Crippen LogP contribution in [0.1, 0.15) is 91.7 Å². The molecule has 24 heteroatoms. The lowest BCUT2D eigenvalue weighted by Gasteiger charge is -2.20. The van der Waals surface area contributed by atoms with Crippen LogP contribution in [-0.2, 0) is 35.5 Å². The Bertz CT molecular complexity index is 4300. The number of hydrogen-bond acceptors (Lipinski definition) is 12. The third-order valence-electron chi connectivity index (χ3n) is 15.6. The van der Waals surface area contributed by atoms with Gasteiger partial charge in [0.2, 0.25) is 0 Å². The summed E-state index contributed by atoms with van der Waals surface area (Å²) in [6, 6.07) is 28.0. The zero-order chi connectivity index (χ0) is 63.7. The number of hydrogen-bond donors (Lipinski definition) is 2. The number of fused-ring (bicyclic) bond motifs is 2. The second-order valence-electron chi connectivity index (χ2n) is 21.6. The molecule has 0 aliphatic carbocycles. The number of carboxylic acid groups (broad SMARTS) is 2. The molecule has 16 nitrogen and oxygen atoms in total. The van der Waals surface area contributed by atoms with Crippen LogP contribution in [-0.4, -0.2) is 77.6 Å². The fraction of sp³-hybridized carbons (Fsp3) is 0.212. The average molecular weight is 1230 g/mol. The topological polar surface area (TPSA) is 221 Å². The Balaban J connectivity index is 0.000000185. The lowest BCUT2D eigenvalue weighted by Crippen LogP contribution is -2.18. The molecule has 12 rings (SSSR count). The minimum absolute atomic E-state index is 0.00675. The van der Waals surface area contributed by atoms with Crippen molar-refractivity contribution in [1.82, 2.24) is 29.1 Å². The molecule has 6 heterocycles. The van der Waals surface area contributed by atoms with Crippen molar-refractivity contribution in [2.24, 2.45) is 11.8 Å². The van der Waals surface area contributed by atoms with Crippen LogP contribution in [0.15, 0.2) is 121 Å². The molecule has 2 aliphatic heterocycles. The molecule has 2 aliphatic rings. The fourth-order valence-corrected chi connectivity index (χ4v) is 10.8. The highest BCUT2D eigenvalue weighted by Crippen LogP contribution is 2.37. The molecule has 2 fully saturated rings. The molecule has 10 aromatic rings.